The summed E-state index contributed by atoms with van der Waals surface area (Å²) in [5.41, 5.74) is 8.04. The molecule has 0 radical (unpaired) electrons. The first-order valence-corrected chi connectivity index (χ1v) is 7.12. The molecule has 1 fully saturated rings. The van der Waals surface area contributed by atoms with Crippen LogP contribution in [0.15, 0.2) is 28.7 Å². The molecule has 2 N–H and O–H groups in total. The van der Waals surface area contributed by atoms with Gasteiger partial charge in [-0.2, -0.15) is 0 Å². The number of hydrogen-bond acceptors (Lipinski definition) is 3. The summed E-state index contributed by atoms with van der Waals surface area (Å²) >= 11 is 0. The molecule has 2 unspecified atom stereocenters. The zero-order chi connectivity index (χ0) is 13.4. The molecule has 0 bridgehead atoms. The summed E-state index contributed by atoms with van der Waals surface area (Å²) in [4.78, 5) is 2.50. The third kappa shape index (κ3) is 2.28. The normalized spacial score (nSPS) is 24.4. The van der Waals surface area contributed by atoms with Crippen LogP contribution in [0.1, 0.15) is 31.6 Å². The van der Waals surface area contributed by atoms with Gasteiger partial charge in [-0.05, 0) is 25.3 Å². The number of para-hydroxylation sites is 1. The molecular formula is C16H22N2O. The van der Waals surface area contributed by atoms with Crippen molar-refractivity contribution in [2.45, 2.75) is 39.4 Å². The second kappa shape index (κ2) is 4.99. The standard InChI is InChI=1S/C16H22N2O/c1-11-7-12(2)18(9-11)10-16-14(8-17)13-5-3-4-6-15(13)19-16/h3-6,11-12H,7-10,17H2,1-2H3. The van der Waals surface area contributed by atoms with Crippen LogP contribution in [-0.4, -0.2) is 17.5 Å². The third-order valence-corrected chi connectivity index (χ3v) is 4.25. The van der Waals surface area contributed by atoms with Gasteiger partial charge in [-0.15, -0.1) is 0 Å². The Kier molecular flexibility index (Phi) is 3.33. The van der Waals surface area contributed by atoms with Crippen molar-refractivity contribution in [2.24, 2.45) is 11.7 Å². The van der Waals surface area contributed by atoms with Gasteiger partial charge >= 0.3 is 0 Å². The summed E-state index contributed by atoms with van der Waals surface area (Å²) in [6, 6.07) is 8.81. The fraction of sp³-hybridized carbons (Fsp3) is 0.500. The van der Waals surface area contributed by atoms with Gasteiger partial charge in [-0.3, -0.25) is 4.90 Å². The largest absolute Gasteiger partial charge is 0.459 e. The highest BCUT2D eigenvalue weighted by Gasteiger charge is 2.27. The third-order valence-electron chi connectivity index (χ3n) is 4.25. The molecule has 0 spiro atoms. The molecule has 3 rings (SSSR count). The topological polar surface area (TPSA) is 42.4 Å². The Bertz CT molecular complexity index is 575. The number of nitrogens with two attached hydrogens (primary N) is 1. The lowest BCUT2D eigenvalue weighted by Gasteiger charge is -2.20. The number of likely N-dealkylation sites (tertiary alicyclic amines) is 1. The minimum absolute atomic E-state index is 0.546. The van der Waals surface area contributed by atoms with Crippen LogP contribution in [0.2, 0.25) is 0 Å². The van der Waals surface area contributed by atoms with Crippen LogP contribution in [0, 0.1) is 5.92 Å². The molecule has 2 heterocycles. The summed E-state index contributed by atoms with van der Waals surface area (Å²) in [6.45, 7) is 7.20. The Labute approximate surface area is 114 Å². The molecule has 102 valence electrons. The van der Waals surface area contributed by atoms with Gasteiger partial charge in [0.05, 0.1) is 6.54 Å². The molecule has 0 aliphatic carbocycles. The van der Waals surface area contributed by atoms with E-state index in [0.29, 0.717) is 12.6 Å². The highest BCUT2D eigenvalue weighted by molar-refractivity contribution is 5.82. The Morgan fingerprint density at radius 3 is 2.79 bits per heavy atom. The minimum Gasteiger partial charge on any atom is -0.459 e. The van der Waals surface area contributed by atoms with Crippen molar-refractivity contribution in [3.05, 3.63) is 35.6 Å². The van der Waals surface area contributed by atoms with E-state index in [1.54, 1.807) is 0 Å². The fourth-order valence-corrected chi connectivity index (χ4v) is 3.29. The number of rotatable bonds is 3. The maximum Gasteiger partial charge on any atom is 0.134 e. The van der Waals surface area contributed by atoms with Crippen LogP contribution in [0.25, 0.3) is 11.0 Å². The first-order chi connectivity index (χ1) is 9.19. The maximum absolute atomic E-state index is 6.01. The van der Waals surface area contributed by atoms with Crippen LogP contribution < -0.4 is 5.73 Å². The lowest BCUT2D eigenvalue weighted by molar-refractivity contribution is 0.236. The van der Waals surface area contributed by atoms with Gasteiger partial charge in [-0.25, -0.2) is 0 Å². The van der Waals surface area contributed by atoms with E-state index in [9.17, 15) is 0 Å². The predicted molar refractivity (Wildman–Crippen MR) is 77.8 cm³/mol. The van der Waals surface area contributed by atoms with Crippen molar-refractivity contribution in [1.29, 1.82) is 0 Å². The molecule has 1 aromatic carbocycles. The number of benzene rings is 1. The maximum atomic E-state index is 6.01. The lowest BCUT2D eigenvalue weighted by Crippen LogP contribution is -2.26. The molecule has 19 heavy (non-hydrogen) atoms. The zero-order valence-electron chi connectivity index (χ0n) is 11.7. The van der Waals surface area contributed by atoms with Gasteiger partial charge in [0.1, 0.15) is 11.3 Å². The van der Waals surface area contributed by atoms with E-state index in [4.69, 9.17) is 10.2 Å². The Balaban J connectivity index is 1.92. The van der Waals surface area contributed by atoms with E-state index in [2.05, 4.69) is 24.8 Å². The van der Waals surface area contributed by atoms with Crippen LogP contribution >= 0.6 is 0 Å². The Hall–Kier alpha value is -1.32. The van der Waals surface area contributed by atoms with E-state index >= 15 is 0 Å². The van der Waals surface area contributed by atoms with Crippen molar-refractivity contribution in [2.75, 3.05) is 6.54 Å². The van der Waals surface area contributed by atoms with Crippen molar-refractivity contribution >= 4 is 11.0 Å². The van der Waals surface area contributed by atoms with E-state index < -0.39 is 0 Å². The first kappa shape index (κ1) is 12.7. The molecule has 1 aliphatic heterocycles. The van der Waals surface area contributed by atoms with Gasteiger partial charge in [-0.1, -0.05) is 25.1 Å². The predicted octanol–water partition coefficient (Wildman–Crippen LogP) is 3.12. The summed E-state index contributed by atoms with van der Waals surface area (Å²) in [5, 5.41) is 1.17. The second-order valence-electron chi connectivity index (χ2n) is 5.82. The van der Waals surface area contributed by atoms with Crippen LogP contribution in [0.4, 0.5) is 0 Å². The van der Waals surface area contributed by atoms with Gasteiger partial charge < -0.3 is 10.2 Å². The molecule has 1 aliphatic rings. The number of nitrogens with zero attached hydrogens (tertiary/aromatic N) is 1. The lowest BCUT2D eigenvalue weighted by atomic mass is 10.1. The molecule has 2 aromatic rings. The molecular weight excluding hydrogens is 236 g/mol. The molecule has 1 saturated heterocycles. The highest BCUT2D eigenvalue weighted by atomic mass is 16.3. The zero-order valence-corrected chi connectivity index (χ0v) is 11.7. The van der Waals surface area contributed by atoms with Crippen LogP contribution in [0.3, 0.4) is 0 Å². The van der Waals surface area contributed by atoms with Crippen LogP contribution in [-0.2, 0) is 13.1 Å². The minimum atomic E-state index is 0.546. The average molecular weight is 258 g/mol. The van der Waals surface area contributed by atoms with E-state index in [0.717, 1.165) is 30.4 Å². The van der Waals surface area contributed by atoms with Gasteiger partial charge in [0.25, 0.3) is 0 Å². The molecule has 3 heteroatoms. The summed E-state index contributed by atoms with van der Waals surface area (Å²) in [5.74, 6) is 1.82. The van der Waals surface area contributed by atoms with Crippen LogP contribution in [0.5, 0.6) is 0 Å². The van der Waals surface area contributed by atoms with Crippen molar-refractivity contribution in [3.63, 3.8) is 0 Å². The van der Waals surface area contributed by atoms with Crippen molar-refractivity contribution < 1.29 is 4.42 Å². The number of hydrogen-bond donors (Lipinski definition) is 1. The van der Waals surface area contributed by atoms with Gasteiger partial charge in [0.15, 0.2) is 0 Å². The number of furan rings is 1. The fourth-order valence-electron chi connectivity index (χ4n) is 3.29. The van der Waals surface area contributed by atoms with E-state index in [-0.39, 0.29) is 0 Å². The van der Waals surface area contributed by atoms with Gasteiger partial charge in [0.2, 0.25) is 0 Å². The molecule has 0 amide bonds. The number of fused-ring (bicyclic) bond motifs is 1. The molecule has 3 nitrogen and oxygen atoms in total. The Morgan fingerprint density at radius 2 is 2.11 bits per heavy atom. The molecule has 1 aromatic heterocycles. The van der Waals surface area contributed by atoms with E-state index in [1.165, 1.54) is 17.4 Å². The smallest absolute Gasteiger partial charge is 0.134 e. The first-order valence-electron chi connectivity index (χ1n) is 7.12. The molecule has 0 saturated carbocycles. The second-order valence-corrected chi connectivity index (χ2v) is 5.82. The highest BCUT2D eigenvalue weighted by Crippen LogP contribution is 2.30. The van der Waals surface area contributed by atoms with Gasteiger partial charge in [0, 0.05) is 30.1 Å². The van der Waals surface area contributed by atoms with Crippen molar-refractivity contribution in [1.82, 2.24) is 4.90 Å². The van der Waals surface area contributed by atoms with Crippen molar-refractivity contribution in [3.8, 4) is 0 Å². The average Bonchev–Trinajstić information content (AvgIpc) is 2.89. The summed E-state index contributed by atoms with van der Waals surface area (Å²) < 4.78 is 6.01. The summed E-state index contributed by atoms with van der Waals surface area (Å²) in [7, 11) is 0. The monoisotopic (exact) mass is 258 g/mol. The summed E-state index contributed by atoms with van der Waals surface area (Å²) in [6.07, 6.45) is 1.28. The molecule has 2 atom stereocenters. The Morgan fingerprint density at radius 1 is 1.32 bits per heavy atom. The quantitative estimate of drug-likeness (QED) is 0.919. The van der Waals surface area contributed by atoms with E-state index in [1.807, 2.05) is 18.2 Å². The SMILES string of the molecule is CC1CC(C)N(Cc2oc3ccccc3c2CN)C1.